The molecule has 0 aliphatic carbocycles. The van der Waals surface area contributed by atoms with Gasteiger partial charge in [0.25, 0.3) is 0 Å². The fourth-order valence-corrected chi connectivity index (χ4v) is 2.86. The van der Waals surface area contributed by atoms with E-state index in [4.69, 9.17) is 4.74 Å². The number of cyclic esters (lactones) is 1. The third-order valence-electron chi connectivity index (χ3n) is 4.55. The predicted molar refractivity (Wildman–Crippen MR) is 106 cm³/mol. The Balaban J connectivity index is 1.77. The van der Waals surface area contributed by atoms with Gasteiger partial charge in [0.1, 0.15) is 0 Å². The summed E-state index contributed by atoms with van der Waals surface area (Å²) >= 11 is 0. The van der Waals surface area contributed by atoms with Crippen molar-refractivity contribution in [1.82, 2.24) is 0 Å². The summed E-state index contributed by atoms with van der Waals surface area (Å²) < 4.78 is 5.36. The molecule has 3 nitrogen and oxygen atoms in total. The van der Waals surface area contributed by atoms with E-state index in [0.29, 0.717) is 17.5 Å². The van der Waals surface area contributed by atoms with Gasteiger partial charge in [0.2, 0.25) is 5.90 Å². The van der Waals surface area contributed by atoms with Crippen molar-refractivity contribution in [3.63, 3.8) is 0 Å². The third kappa shape index (κ3) is 4.29. The summed E-state index contributed by atoms with van der Waals surface area (Å²) in [5.41, 5.74) is 4.68. The maximum Gasteiger partial charge on any atom is 0.363 e. The Kier molecular flexibility index (Phi) is 5.67. The Labute approximate surface area is 155 Å². The van der Waals surface area contributed by atoms with Crippen molar-refractivity contribution in [3.05, 3.63) is 76.5 Å². The van der Waals surface area contributed by atoms with Gasteiger partial charge in [-0.15, -0.1) is 0 Å². The van der Waals surface area contributed by atoms with Crippen LogP contribution in [0.2, 0.25) is 0 Å². The van der Waals surface area contributed by atoms with Gasteiger partial charge in [0, 0.05) is 5.56 Å². The van der Waals surface area contributed by atoms with Crippen LogP contribution in [0.4, 0.5) is 0 Å². The highest BCUT2D eigenvalue weighted by Crippen LogP contribution is 2.21. The summed E-state index contributed by atoms with van der Waals surface area (Å²) in [4.78, 5) is 16.5. The molecule has 3 rings (SSSR count). The number of benzene rings is 2. The van der Waals surface area contributed by atoms with E-state index in [0.717, 1.165) is 17.5 Å². The molecule has 26 heavy (non-hydrogen) atoms. The standard InChI is InChI=1S/C23H25NO2/c1-4-5-6-17-7-13-20(14-8-17)22-24-21(23(25)26-22)15-18-9-11-19(12-10-18)16(2)3/h7-16H,4-6H2,1-3H3/b21-15-. The van der Waals surface area contributed by atoms with E-state index < -0.39 is 5.97 Å². The van der Waals surface area contributed by atoms with Gasteiger partial charge >= 0.3 is 5.97 Å². The van der Waals surface area contributed by atoms with E-state index in [-0.39, 0.29) is 0 Å². The van der Waals surface area contributed by atoms with E-state index in [1.807, 2.05) is 24.3 Å². The zero-order valence-corrected chi connectivity index (χ0v) is 15.7. The first-order valence-electron chi connectivity index (χ1n) is 9.28. The minimum Gasteiger partial charge on any atom is -0.402 e. The second-order valence-electron chi connectivity index (χ2n) is 6.96. The molecule has 0 amide bonds. The minimum absolute atomic E-state index is 0.340. The molecule has 0 unspecified atom stereocenters. The second kappa shape index (κ2) is 8.13. The van der Waals surface area contributed by atoms with Crippen molar-refractivity contribution in [2.45, 2.75) is 46.0 Å². The lowest BCUT2D eigenvalue weighted by molar-refractivity contribution is -0.129. The summed E-state index contributed by atoms with van der Waals surface area (Å²) in [5, 5.41) is 0. The number of unbranched alkanes of at least 4 members (excludes halogenated alkanes) is 1. The van der Waals surface area contributed by atoms with Crippen LogP contribution in [-0.2, 0) is 16.0 Å². The highest BCUT2D eigenvalue weighted by molar-refractivity contribution is 6.12. The van der Waals surface area contributed by atoms with Crippen LogP contribution in [0.15, 0.2) is 59.2 Å². The van der Waals surface area contributed by atoms with Gasteiger partial charge in [-0.1, -0.05) is 63.6 Å². The first kappa shape index (κ1) is 18.1. The van der Waals surface area contributed by atoms with Crippen molar-refractivity contribution in [2.24, 2.45) is 4.99 Å². The minimum atomic E-state index is -0.400. The molecular weight excluding hydrogens is 322 g/mol. The smallest absolute Gasteiger partial charge is 0.363 e. The maximum atomic E-state index is 12.1. The van der Waals surface area contributed by atoms with Crippen LogP contribution in [0.3, 0.4) is 0 Å². The Morgan fingerprint density at radius 2 is 1.73 bits per heavy atom. The van der Waals surface area contributed by atoms with E-state index in [2.05, 4.69) is 50.0 Å². The third-order valence-corrected chi connectivity index (χ3v) is 4.55. The van der Waals surface area contributed by atoms with Gasteiger partial charge < -0.3 is 4.74 Å². The van der Waals surface area contributed by atoms with Crippen molar-refractivity contribution in [1.29, 1.82) is 0 Å². The lowest BCUT2D eigenvalue weighted by Crippen LogP contribution is -2.05. The normalized spacial score (nSPS) is 15.5. The molecule has 1 aliphatic rings. The van der Waals surface area contributed by atoms with Crippen LogP contribution in [0.5, 0.6) is 0 Å². The molecule has 0 fully saturated rings. The molecule has 0 radical (unpaired) electrons. The zero-order valence-electron chi connectivity index (χ0n) is 15.7. The molecule has 0 spiro atoms. The molecule has 134 valence electrons. The van der Waals surface area contributed by atoms with Gasteiger partial charge in [-0.3, -0.25) is 0 Å². The Hall–Kier alpha value is -2.68. The van der Waals surface area contributed by atoms with Crippen LogP contribution in [0, 0.1) is 0 Å². The number of carbonyl (C=O) groups is 1. The molecular formula is C23H25NO2. The molecule has 0 aromatic heterocycles. The summed E-state index contributed by atoms with van der Waals surface area (Å²) in [6, 6.07) is 16.3. The number of rotatable bonds is 6. The van der Waals surface area contributed by atoms with E-state index >= 15 is 0 Å². The van der Waals surface area contributed by atoms with Crippen molar-refractivity contribution in [3.8, 4) is 0 Å². The second-order valence-corrected chi connectivity index (χ2v) is 6.96. The number of aryl methyl sites for hydroxylation is 1. The number of nitrogens with zero attached hydrogens (tertiary/aromatic N) is 1. The average Bonchev–Trinajstić information content (AvgIpc) is 3.01. The number of esters is 1. The lowest BCUT2D eigenvalue weighted by atomic mass is 10.0. The summed E-state index contributed by atoms with van der Waals surface area (Å²) in [7, 11) is 0. The molecule has 1 heterocycles. The van der Waals surface area contributed by atoms with Gasteiger partial charge in [0.15, 0.2) is 5.70 Å². The Bertz CT molecular complexity index is 828. The van der Waals surface area contributed by atoms with Crippen molar-refractivity contribution in [2.75, 3.05) is 0 Å². The van der Waals surface area contributed by atoms with Crippen LogP contribution >= 0.6 is 0 Å². The summed E-state index contributed by atoms with van der Waals surface area (Å²) in [5.74, 6) is 0.461. The summed E-state index contributed by atoms with van der Waals surface area (Å²) in [6.07, 6.45) is 5.20. The van der Waals surface area contributed by atoms with E-state index in [9.17, 15) is 4.79 Å². The summed E-state index contributed by atoms with van der Waals surface area (Å²) in [6.45, 7) is 6.50. The topological polar surface area (TPSA) is 38.7 Å². The predicted octanol–water partition coefficient (Wildman–Crippen LogP) is 5.50. The largest absolute Gasteiger partial charge is 0.402 e. The van der Waals surface area contributed by atoms with Crippen LogP contribution in [0.25, 0.3) is 6.08 Å². The Morgan fingerprint density at radius 1 is 1.04 bits per heavy atom. The number of aliphatic imine (C=N–C) groups is 1. The van der Waals surface area contributed by atoms with Gasteiger partial charge in [-0.2, -0.15) is 0 Å². The number of hydrogen-bond acceptors (Lipinski definition) is 3. The SMILES string of the molecule is CCCCc1ccc(C2=N/C(=C\c3ccc(C(C)C)cc3)C(=O)O2)cc1. The van der Waals surface area contributed by atoms with Gasteiger partial charge in [-0.25, -0.2) is 9.79 Å². The number of hydrogen-bond donors (Lipinski definition) is 0. The quantitative estimate of drug-likeness (QED) is 0.511. The molecule has 0 saturated carbocycles. The van der Waals surface area contributed by atoms with Gasteiger partial charge in [0.05, 0.1) is 0 Å². The van der Waals surface area contributed by atoms with Crippen LogP contribution in [0.1, 0.15) is 61.8 Å². The molecule has 1 aliphatic heterocycles. The fourth-order valence-electron chi connectivity index (χ4n) is 2.86. The molecule has 2 aromatic carbocycles. The fraction of sp³-hybridized carbons (Fsp3) is 0.304. The molecule has 0 atom stereocenters. The number of ether oxygens (including phenoxy) is 1. The average molecular weight is 347 g/mol. The maximum absolute atomic E-state index is 12.1. The molecule has 0 N–H and O–H groups in total. The highest BCUT2D eigenvalue weighted by atomic mass is 16.6. The Morgan fingerprint density at radius 3 is 2.35 bits per heavy atom. The van der Waals surface area contributed by atoms with Crippen LogP contribution < -0.4 is 0 Å². The molecule has 0 saturated heterocycles. The molecule has 3 heteroatoms. The number of carbonyl (C=O) groups excluding carboxylic acids is 1. The highest BCUT2D eigenvalue weighted by Gasteiger charge is 2.24. The monoisotopic (exact) mass is 347 g/mol. The molecule has 2 aromatic rings. The van der Waals surface area contributed by atoms with Crippen LogP contribution in [-0.4, -0.2) is 11.9 Å². The molecule has 0 bridgehead atoms. The first-order valence-corrected chi connectivity index (χ1v) is 9.28. The zero-order chi connectivity index (χ0) is 18.5. The van der Waals surface area contributed by atoms with E-state index in [1.54, 1.807) is 6.08 Å². The van der Waals surface area contributed by atoms with Crippen molar-refractivity contribution >= 4 is 17.9 Å². The lowest BCUT2D eigenvalue weighted by Gasteiger charge is -2.04. The van der Waals surface area contributed by atoms with E-state index in [1.165, 1.54) is 24.0 Å². The van der Waals surface area contributed by atoms with Crippen molar-refractivity contribution < 1.29 is 9.53 Å². The first-order chi connectivity index (χ1) is 12.6. The van der Waals surface area contributed by atoms with Gasteiger partial charge in [-0.05, 0) is 53.7 Å².